The molecule has 0 aromatic rings. The van der Waals surface area contributed by atoms with Crippen LogP contribution in [0.3, 0.4) is 0 Å². The Morgan fingerprint density at radius 1 is 1.67 bits per heavy atom. The van der Waals surface area contributed by atoms with Crippen LogP contribution in [0.2, 0.25) is 0 Å². The molecule has 0 amide bonds. The minimum Gasteiger partial charge on any atom is -0.302 e. The first-order valence-corrected chi connectivity index (χ1v) is 3.12. The number of hydrogen-bond donors (Lipinski definition) is 1. The predicted molar refractivity (Wildman–Crippen MR) is 37.6 cm³/mol. The Hall–Kier alpha value is -0.660. The van der Waals surface area contributed by atoms with Gasteiger partial charge >= 0.3 is 0 Å². The van der Waals surface area contributed by atoms with Gasteiger partial charge in [0.05, 0.1) is 5.71 Å². The first-order chi connectivity index (χ1) is 4.22. The van der Waals surface area contributed by atoms with Crippen LogP contribution in [0.25, 0.3) is 0 Å². The Morgan fingerprint density at radius 3 is 2.56 bits per heavy atom. The highest BCUT2D eigenvalue weighted by molar-refractivity contribution is 6.38. The molecule has 0 aromatic heterocycles. The van der Waals surface area contributed by atoms with Gasteiger partial charge in [-0.3, -0.25) is 4.79 Å². The zero-order valence-corrected chi connectivity index (χ0v) is 5.74. The van der Waals surface area contributed by atoms with Crippen molar-refractivity contribution in [3.8, 4) is 0 Å². The Bertz CT molecular complexity index is 118. The van der Waals surface area contributed by atoms with Crippen molar-refractivity contribution >= 4 is 11.5 Å². The highest BCUT2D eigenvalue weighted by Crippen LogP contribution is 1.92. The van der Waals surface area contributed by atoms with E-state index in [0.29, 0.717) is 19.3 Å². The number of nitrogens with one attached hydrogen (secondary N) is 1. The van der Waals surface area contributed by atoms with Crippen LogP contribution in [0, 0.1) is 12.3 Å². The van der Waals surface area contributed by atoms with Crippen LogP contribution in [0.5, 0.6) is 0 Å². The minimum atomic E-state index is -0.0568. The predicted octanol–water partition coefficient (Wildman–Crippen LogP) is 1.60. The van der Waals surface area contributed by atoms with Crippen LogP contribution >= 0.6 is 0 Å². The SMILES string of the molecule is [CH2]CCC(=N)C(=O)CC. The second-order valence-electron chi connectivity index (χ2n) is 1.86. The van der Waals surface area contributed by atoms with E-state index in [0.717, 1.165) is 0 Å². The van der Waals surface area contributed by atoms with Gasteiger partial charge < -0.3 is 5.41 Å². The van der Waals surface area contributed by atoms with Crippen molar-refractivity contribution in [1.82, 2.24) is 0 Å². The smallest absolute Gasteiger partial charge is 0.176 e. The third kappa shape index (κ3) is 3.01. The fraction of sp³-hybridized carbons (Fsp3) is 0.571. The average molecular weight is 126 g/mol. The van der Waals surface area contributed by atoms with Crippen molar-refractivity contribution in [2.45, 2.75) is 26.2 Å². The second-order valence-corrected chi connectivity index (χ2v) is 1.86. The van der Waals surface area contributed by atoms with Crippen molar-refractivity contribution < 1.29 is 4.79 Å². The molecule has 0 heterocycles. The summed E-state index contributed by atoms with van der Waals surface area (Å²) in [6.07, 6.45) is 1.61. The van der Waals surface area contributed by atoms with Gasteiger partial charge in [0.2, 0.25) is 0 Å². The summed E-state index contributed by atoms with van der Waals surface area (Å²) in [5.41, 5.74) is 0.215. The van der Waals surface area contributed by atoms with Gasteiger partial charge in [-0.15, -0.1) is 0 Å². The molecule has 0 bridgehead atoms. The lowest BCUT2D eigenvalue weighted by atomic mass is 10.1. The first-order valence-electron chi connectivity index (χ1n) is 3.12. The molecule has 0 aliphatic carbocycles. The van der Waals surface area contributed by atoms with Crippen molar-refractivity contribution in [3.63, 3.8) is 0 Å². The number of carbonyl (C=O) groups excluding carboxylic acids is 1. The summed E-state index contributed by atoms with van der Waals surface area (Å²) in [6.45, 7) is 5.31. The van der Waals surface area contributed by atoms with Crippen LogP contribution in [0.4, 0.5) is 0 Å². The maximum absolute atomic E-state index is 10.6. The van der Waals surface area contributed by atoms with Gasteiger partial charge in [0, 0.05) is 6.42 Å². The largest absolute Gasteiger partial charge is 0.302 e. The quantitative estimate of drug-likeness (QED) is 0.571. The maximum atomic E-state index is 10.6. The fourth-order valence-electron chi connectivity index (χ4n) is 0.530. The van der Waals surface area contributed by atoms with E-state index in [1.807, 2.05) is 0 Å². The third-order valence-corrected chi connectivity index (χ3v) is 1.08. The molecule has 0 fully saturated rings. The number of rotatable bonds is 4. The molecule has 0 spiro atoms. The highest BCUT2D eigenvalue weighted by Gasteiger charge is 2.03. The zero-order chi connectivity index (χ0) is 7.28. The molecule has 51 valence electrons. The molecule has 0 aliphatic rings. The van der Waals surface area contributed by atoms with Gasteiger partial charge in [-0.1, -0.05) is 13.8 Å². The number of hydrogen-bond acceptors (Lipinski definition) is 2. The molecule has 0 aromatic carbocycles. The Balaban J connectivity index is 3.60. The van der Waals surface area contributed by atoms with Crippen LogP contribution in [-0.2, 0) is 4.79 Å². The first kappa shape index (κ1) is 8.34. The summed E-state index contributed by atoms with van der Waals surface area (Å²) in [6, 6.07) is 0. The van der Waals surface area contributed by atoms with Gasteiger partial charge in [-0.05, 0) is 12.8 Å². The summed E-state index contributed by atoms with van der Waals surface area (Å²) >= 11 is 0. The molecule has 2 nitrogen and oxygen atoms in total. The Kier molecular flexibility index (Phi) is 3.93. The number of ketones is 1. The van der Waals surface area contributed by atoms with Gasteiger partial charge in [-0.25, -0.2) is 0 Å². The zero-order valence-electron chi connectivity index (χ0n) is 5.74. The molecule has 1 N–H and O–H groups in total. The monoisotopic (exact) mass is 126 g/mol. The van der Waals surface area contributed by atoms with E-state index in [1.165, 1.54) is 0 Å². The number of carbonyl (C=O) groups is 1. The third-order valence-electron chi connectivity index (χ3n) is 1.08. The van der Waals surface area contributed by atoms with Gasteiger partial charge in [0.15, 0.2) is 5.78 Å². The van der Waals surface area contributed by atoms with E-state index >= 15 is 0 Å². The molecular weight excluding hydrogens is 114 g/mol. The highest BCUT2D eigenvalue weighted by atomic mass is 16.1. The minimum absolute atomic E-state index is 0.0568. The molecule has 9 heavy (non-hydrogen) atoms. The molecule has 0 saturated heterocycles. The molecule has 0 rings (SSSR count). The summed E-state index contributed by atoms with van der Waals surface area (Å²) in [7, 11) is 0. The summed E-state index contributed by atoms with van der Waals surface area (Å²) in [4.78, 5) is 10.6. The van der Waals surface area contributed by atoms with Crippen LogP contribution in [-0.4, -0.2) is 11.5 Å². The second kappa shape index (κ2) is 4.24. The lowest BCUT2D eigenvalue weighted by Gasteiger charge is -1.95. The van der Waals surface area contributed by atoms with Crippen LogP contribution < -0.4 is 0 Å². The lowest BCUT2D eigenvalue weighted by Crippen LogP contribution is -2.10. The topological polar surface area (TPSA) is 40.9 Å². The van der Waals surface area contributed by atoms with Crippen molar-refractivity contribution in [3.05, 3.63) is 6.92 Å². The summed E-state index contributed by atoms with van der Waals surface area (Å²) in [5, 5.41) is 7.11. The Labute approximate surface area is 55.8 Å². The van der Waals surface area contributed by atoms with E-state index in [1.54, 1.807) is 6.92 Å². The van der Waals surface area contributed by atoms with Crippen molar-refractivity contribution in [2.24, 2.45) is 0 Å². The van der Waals surface area contributed by atoms with E-state index in [9.17, 15) is 4.79 Å². The van der Waals surface area contributed by atoms with Crippen LogP contribution in [0.15, 0.2) is 0 Å². The van der Waals surface area contributed by atoms with Gasteiger partial charge in [0.1, 0.15) is 0 Å². The molecule has 2 heteroatoms. The standard InChI is InChI=1S/C7H12NO/c1-3-5-6(8)7(9)4-2/h8H,1,3-5H2,2H3. The molecule has 0 unspecified atom stereocenters. The van der Waals surface area contributed by atoms with E-state index in [2.05, 4.69) is 6.92 Å². The molecule has 0 saturated carbocycles. The molecule has 0 atom stereocenters. The molecular formula is C7H12NO. The van der Waals surface area contributed by atoms with Gasteiger partial charge in [-0.2, -0.15) is 0 Å². The number of Topliss-reactive ketones (excluding diaryl/α,β-unsaturated/α-hetero) is 1. The van der Waals surface area contributed by atoms with Gasteiger partial charge in [0.25, 0.3) is 0 Å². The van der Waals surface area contributed by atoms with Crippen molar-refractivity contribution in [1.29, 1.82) is 5.41 Å². The Morgan fingerprint density at radius 2 is 2.22 bits per heavy atom. The van der Waals surface area contributed by atoms with E-state index in [-0.39, 0.29) is 11.5 Å². The van der Waals surface area contributed by atoms with E-state index < -0.39 is 0 Å². The lowest BCUT2D eigenvalue weighted by molar-refractivity contribution is -0.112. The summed E-state index contributed by atoms with van der Waals surface area (Å²) in [5.74, 6) is -0.0568. The molecule has 0 aliphatic heterocycles. The molecule has 1 radical (unpaired) electrons. The summed E-state index contributed by atoms with van der Waals surface area (Å²) < 4.78 is 0. The van der Waals surface area contributed by atoms with Crippen molar-refractivity contribution in [2.75, 3.05) is 0 Å². The normalized spacial score (nSPS) is 9.11. The average Bonchev–Trinajstić information content (AvgIpc) is 1.87. The van der Waals surface area contributed by atoms with E-state index in [4.69, 9.17) is 5.41 Å². The van der Waals surface area contributed by atoms with Crippen LogP contribution in [0.1, 0.15) is 26.2 Å². The maximum Gasteiger partial charge on any atom is 0.176 e. The fourth-order valence-corrected chi connectivity index (χ4v) is 0.530.